The number of aliphatic hydroxyl groups excluding tert-OH is 1. The highest BCUT2D eigenvalue weighted by atomic mass is 31.2. The molecule has 0 spiro atoms. The predicted molar refractivity (Wildman–Crippen MR) is 93.4 cm³/mol. The van der Waals surface area contributed by atoms with Gasteiger partial charge in [0.05, 0.1) is 11.8 Å². The van der Waals surface area contributed by atoms with Crippen LogP contribution >= 0.6 is 7.37 Å². The van der Waals surface area contributed by atoms with E-state index in [0.29, 0.717) is 11.0 Å². The van der Waals surface area contributed by atoms with E-state index in [4.69, 9.17) is 4.52 Å². The maximum atomic E-state index is 13.5. The lowest BCUT2D eigenvalue weighted by Gasteiger charge is -2.26. The molecule has 5 nitrogen and oxygen atoms in total. The molecule has 1 N–H and O–H groups in total. The van der Waals surface area contributed by atoms with E-state index < -0.39 is 13.2 Å². The van der Waals surface area contributed by atoms with E-state index >= 15 is 0 Å². The molecule has 0 radical (unpaired) electrons. The Hall–Kier alpha value is -1.68. The maximum Gasteiger partial charge on any atom is 0.266 e. The van der Waals surface area contributed by atoms with Gasteiger partial charge in [0, 0.05) is 31.3 Å². The topological polar surface area (TPSA) is 62.7 Å². The highest BCUT2D eigenvalue weighted by molar-refractivity contribution is 7.67. The summed E-state index contributed by atoms with van der Waals surface area (Å²) in [5.41, 5.74) is 1.32. The quantitative estimate of drug-likeness (QED) is 0.822. The SMILES string of the molecule is CC(C)O[P@@](=O)(c1ccc(N(C)C)cc1)[C@H](O)c1ccccn1. The minimum absolute atomic E-state index is 0.285. The Balaban J connectivity index is 2.44. The van der Waals surface area contributed by atoms with E-state index in [-0.39, 0.29) is 6.10 Å². The van der Waals surface area contributed by atoms with Crippen LogP contribution in [0.1, 0.15) is 25.4 Å². The van der Waals surface area contributed by atoms with Crippen LogP contribution in [0.3, 0.4) is 0 Å². The largest absolute Gasteiger partial charge is 0.378 e. The third-order valence-electron chi connectivity index (χ3n) is 3.37. The van der Waals surface area contributed by atoms with Gasteiger partial charge in [-0.15, -0.1) is 0 Å². The zero-order valence-electron chi connectivity index (χ0n) is 13.9. The Labute approximate surface area is 137 Å². The zero-order chi connectivity index (χ0) is 17.0. The van der Waals surface area contributed by atoms with Crippen molar-refractivity contribution in [2.24, 2.45) is 0 Å². The first-order valence-corrected chi connectivity index (χ1v) is 9.19. The Morgan fingerprint density at radius 2 is 1.78 bits per heavy atom. The highest BCUT2D eigenvalue weighted by Gasteiger charge is 2.38. The molecule has 0 aliphatic carbocycles. The minimum atomic E-state index is -3.52. The summed E-state index contributed by atoms with van der Waals surface area (Å²) in [5.74, 6) is -1.30. The number of anilines is 1. The molecule has 6 heteroatoms. The molecule has 1 aromatic heterocycles. The summed E-state index contributed by atoms with van der Waals surface area (Å²) in [6, 6.07) is 12.3. The van der Waals surface area contributed by atoms with Gasteiger partial charge in [-0.1, -0.05) is 6.07 Å². The van der Waals surface area contributed by atoms with Crippen molar-refractivity contribution in [2.45, 2.75) is 25.8 Å². The molecule has 23 heavy (non-hydrogen) atoms. The number of aliphatic hydroxyl groups is 1. The summed E-state index contributed by atoms with van der Waals surface area (Å²) in [6.07, 6.45) is 1.28. The van der Waals surface area contributed by atoms with Crippen LogP contribution in [0, 0.1) is 0 Å². The molecule has 2 aromatic rings. The van der Waals surface area contributed by atoms with E-state index in [0.717, 1.165) is 5.69 Å². The van der Waals surface area contributed by atoms with Crippen molar-refractivity contribution < 1.29 is 14.2 Å². The first kappa shape index (κ1) is 17.7. The summed E-state index contributed by atoms with van der Waals surface area (Å²) < 4.78 is 19.2. The minimum Gasteiger partial charge on any atom is -0.378 e. The van der Waals surface area contributed by atoms with Crippen LogP contribution in [0.25, 0.3) is 0 Å². The molecule has 0 amide bonds. The molecule has 124 valence electrons. The molecule has 1 aromatic carbocycles. The molecule has 0 saturated carbocycles. The van der Waals surface area contributed by atoms with Gasteiger partial charge >= 0.3 is 0 Å². The Morgan fingerprint density at radius 3 is 2.26 bits per heavy atom. The number of rotatable bonds is 6. The second-order valence-electron chi connectivity index (χ2n) is 5.79. The van der Waals surface area contributed by atoms with Crippen LogP contribution < -0.4 is 10.2 Å². The molecule has 0 aliphatic rings. The average Bonchev–Trinajstić information content (AvgIpc) is 2.54. The summed E-state index contributed by atoms with van der Waals surface area (Å²) in [6.45, 7) is 3.60. The van der Waals surface area contributed by atoms with Gasteiger partial charge in [-0.05, 0) is 50.2 Å². The second kappa shape index (κ2) is 7.26. The van der Waals surface area contributed by atoms with Crippen LogP contribution in [-0.4, -0.2) is 30.3 Å². The van der Waals surface area contributed by atoms with Gasteiger partial charge in [0.25, 0.3) is 7.37 Å². The lowest BCUT2D eigenvalue weighted by Crippen LogP contribution is -2.18. The predicted octanol–water partition coefficient (Wildman–Crippen LogP) is 3.17. The standard InChI is InChI=1S/C17H23N2O3P/c1-13(2)22-23(21,17(20)16-7-5-6-12-18-16)15-10-8-14(9-11-15)19(3)4/h5-13,17,20H,1-4H3/t17-,23-/m0/s1. The van der Waals surface area contributed by atoms with E-state index in [9.17, 15) is 9.67 Å². The number of aromatic nitrogens is 1. The van der Waals surface area contributed by atoms with Crippen LogP contribution in [-0.2, 0) is 9.09 Å². The van der Waals surface area contributed by atoms with Gasteiger partial charge in [0.15, 0.2) is 5.85 Å². The van der Waals surface area contributed by atoms with E-state index in [1.807, 2.05) is 31.1 Å². The second-order valence-corrected chi connectivity index (χ2v) is 8.20. The lowest BCUT2D eigenvalue weighted by molar-refractivity contribution is 0.186. The van der Waals surface area contributed by atoms with Gasteiger partial charge in [-0.2, -0.15) is 0 Å². The van der Waals surface area contributed by atoms with Crippen LogP contribution in [0.4, 0.5) is 5.69 Å². The molecule has 1 heterocycles. The monoisotopic (exact) mass is 334 g/mol. The summed E-state index contributed by atoms with van der Waals surface area (Å²) >= 11 is 0. The number of benzene rings is 1. The van der Waals surface area contributed by atoms with Gasteiger partial charge in [-0.3, -0.25) is 9.55 Å². The van der Waals surface area contributed by atoms with Crippen molar-refractivity contribution in [1.82, 2.24) is 4.98 Å². The normalized spacial score (nSPS) is 15.2. The van der Waals surface area contributed by atoms with Crippen molar-refractivity contribution in [2.75, 3.05) is 19.0 Å². The first-order chi connectivity index (χ1) is 10.8. The van der Waals surface area contributed by atoms with Gasteiger partial charge in [-0.25, -0.2) is 0 Å². The van der Waals surface area contributed by atoms with Gasteiger partial charge in [0.1, 0.15) is 0 Å². The summed E-state index contributed by atoms with van der Waals surface area (Å²) in [4.78, 5) is 6.06. The molecular weight excluding hydrogens is 311 g/mol. The Morgan fingerprint density at radius 1 is 1.13 bits per heavy atom. The number of nitrogens with zero attached hydrogens (tertiary/aromatic N) is 2. The van der Waals surface area contributed by atoms with Crippen LogP contribution in [0.2, 0.25) is 0 Å². The third-order valence-corrected chi connectivity index (χ3v) is 6.03. The molecule has 0 bridgehead atoms. The third kappa shape index (κ3) is 3.99. The summed E-state index contributed by atoms with van der Waals surface area (Å²) in [7, 11) is 0.349. The fourth-order valence-corrected chi connectivity index (χ4v) is 4.45. The molecule has 0 saturated heterocycles. The molecule has 2 rings (SSSR count). The van der Waals surface area contributed by atoms with Crippen molar-refractivity contribution in [3.63, 3.8) is 0 Å². The fraction of sp³-hybridized carbons (Fsp3) is 0.353. The summed E-state index contributed by atoms with van der Waals surface area (Å²) in [5, 5.41) is 11.1. The van der Waals surface area contributed by atoms with Gasteiger partial charge < -0.3 is 14.5 Å². The maximum absolute atomic E-state index is 13.5. The molecule has 2 atom stereocenters. The number of hydrogen-bond donors (Lipinski definition) is 1. The average molecular weight is 334 g/mol. The van der Waals surface area contributed by atoms with Crippen molar-refractivity contribution in [1.29, 1.82) is 0 Å². The smallest absolute Gasteiger partial charge is 0.266 e. The Kier molecular flexibility index (Phi) is 5.58. The van der Waals surface area contributed by atoms with Crippen LogP contribution in [0.15, 0.2) is 48.7 Å². The van der Waals surface area contributed by atoms with Crippen molar-refractivity contribution in [3.05, 3.63) is 54.4 Å². The zero-order valence-corrected chi connectivity index (χ0v) is 14.8. The number of pyridine rings is 1. The molecule has 0 aliphatic heterocycles. The highest BCUT2D eigenvalue weighted by Crippen LogP contribution is 2.58. The Bertz CT molecular complexity index is 672. The van der Waals surface area contributed by atoms with Crippen molar-refractivity contribution >= 4 is 18.4 Å². The van der Waals surface area contributed by atoms with E-state index in [2.05, 4.69) is 4.98 Å². The lowest BCUT2D eigenvalue weighted by atomic mass is 10.3. The number of hydrogen-bond acceptors (Lipinski definition) is 5. The van der Waals surface area contributed by atoms with E-state index in [1.54, 1.807) is 50.4 Å². The molecular formula is C17H23N2O3P. The fourth-order valence-electron chi connectivity index (χ4n) is 2.23. The molecule has 0 unspecified atom stereocenters. The van der Waals surface area contributed by atoms with Gasteiger partial charge in [0.2, 0.25) is 0 Å². The first-order valence-electron chi connectivity index (χ1n) is 7.49. The van der Waals surface area contributed by atoms with E-state index in [1.165, 1.54) is 0 Å². The van der Waals surface area contributed by atoms with Crippen molar-refractivity contribution in [3.8, 4) is 0 Å². The molecule has 0 fully saturated rings. The van der Waals surface area contributed by atoms with Crippen LogP contribution in [0.5, 0.6) is 0 Å².